The molecule has 2 heterocycles. The fourth-order valence-electron chi connectivity index (χ4n) is 2.20. The third kappa shape index (κ3) is 3.09. The minimum Gasteiger partial charge on any atom is -0.493 e. The largest absolute Gasteiger partial charge is 0.493 e. The number of rotatable bonds is 5. The van der Waals surface area contributed by atoms with Gasteiger partial charge in [-0.3, -0.25) is 0 Å². The molecule has 1 aromatic carbocycles. The average Bonchev–Trinajstić information content (AvgIpc) is 3.17. The number of hydrogen-bond donors (Lipinski definition) is 1. The number of furan rings is 1. The molecule has 0 unspecified atom stereocenters. The smallest absolute Gasteiger partial charge is 0.216 e. The second kappa shape index (κ2) is 6.71. The standard InChI is InChI=1S/C16H16N4O3S/c1-10-4-6-12(23-10)9-17-20-15(18-19-16(20)24)11-5-7-13(21-2)14(8-11)22-3/h4-9H,1-3H3,(H,19,24)/b17-9+. The van der Waals surface area contributed by atoms with E-state index in [-0.39, 0.29) is 0 Å². The Bertz CT molecular complexity index is 939. The van der Waals surface area contributed by atoms with E-state index < -0.39 is 0 Å². The van der Waals surface area contributed by atoms with Gasteiger partial charge in [0.2, 0.25) is 4.77 Å². The van der Waals surface area contributed by atoms with Gasteiger partial charge >= 0.3 is 0 Å². The molecule has 3 aromatic rings. The van der Waals surface area contributed by atoms with Gasteiger partial charge in [0, 0.05) is 5.56 Å². The quantitative estimate of drug-likeness (QED) is 0.567. The molecule has 0 spiro atoms. The molecule has 3 rings (SSSR count). The molecule has 0 bridgehead atoms. The molecule has 0 saturated carbocycles. The van der Waals surface area contributed by atoms with Gasteiger partial charge in [0.1, 0.15) is 11.5 Å². The predicted octanol–water partition coefficient (Wildman–Crippen LogP) is 3.41. The molecule has 0 amide bonds. The second-order valence-electron chi connectivity index (χ2n) is 4.93. The maximum absolute atomic E-state index is 5.47. The second-order valence-corrected chi connectivity index (χ2v) is 5.31. The number of hydrogen-bond acceptors (Lipinski definition) is 6. The van der Waals surface area contributed by atoms with Gasteiger partial charge in [-0.1, -0.05) is 0 Å². The van der Waals surface area contributed by atoms with E-state index in [2.05, 4.69) is 15.3 Å². The van der Waals surface area contributed by atoms with Gasteiger partial charge in [-0.05, 0) is 49.5 Å². The molecule has 0 fully saturated rings. The highest BCUT2D eigenvalue weighted by Gasteiger charge is 2.12. The normalized spacial score (nSPS) is 11.1. The summed E-state index contributed by atoms with van der Waals surface area (Å²) in [5, 5.41) is 11.3. The lowest BCUT2D eigenvalue weighted by molar-refractivity contribution is 0.355. The van der Waals surface area contributed by atoms with Crippen molar-refractivity contribution >= 4 is 18.4 Å². The summed E-state index contributed by atoms with van der Waals surface area (Å²) in [6.07, 6.45) is 1.59. The van der Waals surface area contributed by atoms with Crippen LogP contribution in [0.1, 0.15) is 11.5 Å². The average molecular weight is 344 g/mol. The van der Waals surface area contributed by atoms with Crippen molar-refractivity contribution in [3.8, 4) is 22.9 Å². The highest BCUT2D eigenvalue weighted by atomic mass is 32.1. The minimum atomic E-state index is 0.374. The summed E-state index contributed by atoms with van der Waals surface area (Å²) in [5.41, 5.74) is 0.785. The van der Waals surface area contributed by atoms with Crippen molar-refractivity contribution in [3.63, 3.8) is 0 Å². The summed E-state index contributed by atoms with van der Waals surface area (Å²) in [6, 6.07) is 9.17. The third-order valence-corrected chi connectivity index (χ3v) is 3.62. The summed E-state index contributed by atoms with van der Waals surface area (Å²) < 4.78 is 17.9. The van der Waals surface area contributed by atoms with Crippen LogP contribution in [0.15, 0.2) is 39.9 Å². The summed E-state index contributed by atoms with van der Waals surface area (Å²) in [4.78, 5) is 0. The molecule has 0 aliphatic rings. The van der Waals surface area contributed by atoms with Gasteiger partial charge in [-0.2, -0.15) is 14.9 Å². The Morgan fingerprint density at radius 2 is 2.00 bits per heavy atom. The van der Waals surface area contributed by atoms with Crippen molar-refractivity contribution in [2.24, 2.45) is 5.10 Å². The summed E-state index contributed by atoms with van der Waals surface area (Å²) in [6.45, 7) is 1.87. The summed E-state index contributed by atoms with van der Waals surface area (Å²) in [7, 11) is 3.17. The highest BCUT2D eigenvalue weighted by molar-refractivity contribution is 7.71. The molecule has 24 heavy (non-hydrogen) atoms. The molecule has 0 aliphatic carbocycles. The van der Waals surface area contributed by atoms with E-state index in [0.717, 1.165) is 11.3 Å². The number of benzene rings is 1. The van der Waals surface area contributed by atoms with Crippen LogP contribution >= 0.6 is 12.2 Å². The number of aromatic amines is 1. The molecule has 124 valence electrons. The molecule has 7 nitrogen and oxygen atoms in total. The van der Waals surface area contributed by atoms with Gasteiger partial charge in [-0.25, -0.2) is 5.10 Å². The van der Waals surface area contributed by atoms with Gasteiger partial charge in [0.05, 0.1) is 20.4 Å². The van der Waals surface area contributed by atoms with E-state index in [1.54, 1.807) is 26.5 Å². The van der Waals surface area contributed by atoms with Gasteiger partial charge in [-0.15, -0.1) is 0 Å². The first-order chi connectivity index (χ1) is 11.6. The lowest BCUT2D eigenvalue weighted by Crippen LogP contribution is -1.96. The zero-order chi connectivity index (χ0) is 17.1. The molecule has 0 atom stereocenters. The van der Waals surface area contributed by atoms with E-state index >= 15 is 0 Å². The zero-order valence-corrected chi connectivity index (χ0v) is 14.3. The molecular weight excluding hydrogens is 328 g/mol. The predicted molar refractivity (Wildman–Crippen MR) is 92.4 cm³/mol. The number of aromatic nitrogens is 3. The van der Waals surface area contributed by atoms with Crippen LogP contribution in [0.4, 0.5) is 0 Å². The number of ether oxygens (including phenoxy) is 2. The first-order valence-corrected chi connectivity index (χ1v) is 7.54. The van der Waals surface area contributed by atoms with Crippen LogP contribution in [0, 0.1) is 11.7 Å². The molecule has 0 radical (unpaired) electrons. The van der Waals surface area contributed by atoms with E-state index in [1.807, 2.05) is 31.2 Å². The van der Waals surface area contributed by atoms with E-state index in [0.29, 0.717) is 27.9 Å². The number of aryl methyl sites for hydroxylation is 1. The number of H-pyrrole nitrogens is 1. The summed E-state index contributed by atoms with van der Waals surface area (Å²) in [5.74, 6) is 3.24. The maximum Gasteiger partial charge on any atom is 0.216 e. The first-order valence-electron chi connectivity index (χ1n) is 7.13. The Labute approximate surface area is 143 Å². The zero-order valence-electron chi connectivity index (χ0n) is 13.4. The molecule has 2 aromatic heterocycles. The molecular formula is C16H16N4O3S. The number of methoxy groups -OCH3 is 2. The summed E-state index contributed by atoms with van der Waals surface area (Å²) >= 11 is 5.25. The van der Waals surface area contributed by atoms with Crippen LogP contribution in [0.25, 0.3) is 11.4 Å². The Balaban J connectivity index is 2.01. The van der Waals surface area contributed by atoms with Crippen LogP contribution in [0.2, 0.25) is 0 Å². The molecule has 1 N–H and O–H groups in total. The lowest BCUT2D eigenvalue weighted by Gasteiger charge is -2.08. The van der Waals surface area contributed by atoms with Crippen LogP contribution in [0.3, 0.4) is 0 Å². The topological polar surface area (TPSA) is 77.6 Å². The van der Waals surface area contributed by atoms with Gasteiger partial charge in [0.25, 0.3) is 0 Å². The molecule has 0 saturated heterocycles. The Kier molecular flexibility index (Phi) is 4.48. The maximum atomic E-state index is 5.47. The highest BCUT2D eigenvalue weighted by Crippen LogP contribution is 2.31. The van der Waals surface area contributed by atoms with Crippen LogP contribution in [0.5, 0.6) is 11.5 Å². The Hall–Kier alpha value is -2.87. The van der Waals surface area contributed by atoms with Crippen molar-refractivity contribution in [1.82, 2.24) is 14.9 Å². The van der Waals surface area contributed by atoms with Crippen LogP contribution in [-0.4, -0.2) is 35.3 Å². The van der Waals surface area contributed by atoms with Crippen LogP contribution in [-0.2, 0) is 0 Å². The molecule has 8 heteroatoms. The van der Waals surface area contributed by atoms with E-state index in [4.69, 9.17) is 26.1 Å². The fraction of sp³-hybridized carbons (Fsp3) is 0.188. The Morgan fingerprint density at radius 3 is 2.67 bits per heavy atom. The van der Waals surface area contributed by atoms with Crippen molar-refractivity contribution in [2.75, 3.05) is 14.2 Å². The minimum absolute atomic E-state index is 0.374. The lowest BCUT2D eigenvalue weighted by atomic mass is 10.2. The number of nitrogens with one attached hydrogen (secondary N) is 1. The van der Waals surface area contributed by atoms with E-state index in [1.165, 1.54) is 4.68 Å². The monoisotopic (exact) mass is 344 g/mol. The van der Waals surface area contributed by atoms with Gasteiger partial charge in [0.15, 0.2) is 17.3 Å². The fourth-order valence-corrected chi connectivity index (χ4v) is 2.38. The van der Waals surface area contributed by atoms with E-state index in [9.17, 15) is 0 Å². The van der Waals surface area contributed by atoms with Gasteiger partial charge < -0.3 is 13.9 Å². The third-order valence-electron chi connectivity index (χ3n) is 3.35. The SMILES string of the molecule is COc1ccc(-c2n[nH]c(=S)n2/N=C/c2ccc(C)o2)cc1OC. The molecule has 0 aliphatic heterocycles. The van der Waals surface area contributed by atoms with Crippen LogP contribution < -0.4 is 9.47 Å². The Morgan fingerprint density at radius 1 is 1.21 bits per heavy atom. The van der Waals surface area contributed by atoms with Crippen molar-refractivity contribution in [1.29, 1.82) is 0 Å². The van der Waals surface area contributed by atoms with Crippen molar-refractivity contribution < 1.29 is 13.9 Å². The van der Waals surface area contributed by atoms with Crippen molar-refractivity contribution in [2.45, 2.75) is 6.92 Å². The van der Waals surface area contributed by atoms with Crippen molar-refractivity contribution in [3.05, 3.63) is 46.6 Å². The first kappa shape index (κ1) is 16.0. The number of nitrogens with zero attached hydrogens (tertiary/aromatic N) is 3.